The number of benzene rings is 1. The summed E-state index contributed by atoms with van der Waals surface area (Å²) in [4.78, 5) is 14.7. The van der Waals surface area contributed by atoms with E-state index in [4.69, 9.17) is 10.5 Å². The Labute approximate surface area is 168 Å². The molecule has 2 aliphatic heterocycles. The van der Waals surface area contributed by atoms with E-state index < -0.39 is 17.8 Å². The number of amides is 1. The van der Waals surface area contributed by atoms with Crippen molar-refractivity contribution >= 4 is 5.91 Å². The summed E-state index contributed by atoms with van der Waals surface area (Å²) < 4.78 is 44.6. The molecule has 0 aromatic heterocycles. The Morgan fingerprint density at radius 3 is 2.62 bits per heavy atom. The smallest absolute Gasteiger partial charge is 0.381 e. The van der Waals surface area contributed by atoms with Crippen LogP contribution in [0.5, 0.6) is 0 Å². The second-order valence-electron chi connectivity index (χ2n) is 8.50. The molecule has 29 heavy (non-hydrogen) atoms. The van der Waals surface area contributed by atoms with E-state index in [2.05, 4.69) is 5.32 Å². The van der Waals surface area contributed by atoms with Crippen molar-refractivity contribution in [2.75, 3.05) is 19.8 Å². The zero-order valence-electron chi connectivity index (χ0n) is 16.4. The van der Waals surface area contributed by atoms with Crippen LogP contribution in [0, 0.1) is 5.92 Å². The topological polar surface area (TPSA) is 67.6 Å². The minimum Gasteiger partial charge on any atom is -0.381 e. The van der Waals surface area contributed by atoms with Crippen LogP contribution >= 0.6 is 0 Å². The largest absolute Gasteiger partial charge is 0.416 e. The van der Waals surface area contributed by atoms with Crippen molar-refractivity contribution in [1.29, 1.82) is 0 Å². The van der Waals surface area contributed by atoms with Crippen molar-refractivity contribution < 1.29 is 22.7 Å². The van der Waals surface area contributed by atoms with Crippen LogP contribution in [-0.2, 0) is 22.3 Å². The molecule has 0 bridgehead atoms. The summed E-state index contributed by atoms with van der Waals surface area (Å²) in [6.45, 7) is 2.10. The van der Waals surface area contributed by atoms with Gasteiger partial charge in [0.1, 0.15) is 0 Å². The van der Waals surface area contributed by atoms with Gasteiger partial charge >= 0.3 is 6.18 Å². The lowest BCUT2D eigenvalue weighted by molar-refractivity contribution is -0.137. The van der Waals surface area contributed by atoms with Gasteiger partial charge in [0, 0.05) is 50.3 Å². The standard InChI is InChI=1S/C21H28F3N3O2/c22-21(23,24)15-2-4-18-14(9-15)11-27(12-19(18)25)20(28)13-1-3-17(10-13)26-16-5-7-29-8-6-16/h2,4,9,13,16-17,19,26H,1,3,5-8,10-12,25H2. The summed E-state index contributed by atoms with van der Waals surface area (Å²) in [7, 11) is 0. The van der Waals surface area contributed by atoms with Crippen molar-refractivity contribution in [2.45, 2.75) is 63.0 Å². The lowest BCUT2D eigenvalue weighted by atomic mass is 9.92. The molecule has 160 valence electrons. The molecular weight excluding hydrogens is 383 g/mol. The Morgan fingerprint density at radius 2 is 1.90 bits per heavy atom. The van der Waals surface area contributed by atoms with Crippen molar-refractivity contribution in [3.63, 3.8) is 0 Å². The third-order valence-electron chi connectivity index (χ3n) is 6.43. The number of nitrogens with one attached hydrogen (secondary N) is 1. The molecule has 1 aromatic rings. The summed E-state index contributed by atoms with van der Waals surface area (Å²) in [5, 5.41) is 3.65. The fraction of sp³-hybridized carbons (Fsp3) is 0.667. The molecule has 1 saturated heterocycles. The highest BCUT2D eigenvalue weighted by atomic mass is 19.4. The minimum atomic E-state index is -4.40. The van der Waals surface area contributed by atoms with Gasteiger partial charge in [-0.1, -0.05) is 6.07 Å². The molecular formula is C21H28F3N3O2. The Balaban J connectivity index is 1.39. The lowest BCUT2D eigenvalue weighted by Gasteiger charge is -2.35. The first-order valence-electron chi connectivity index (χ1n) is 10.4. The average molecular weight is 411 g/mol. The highest BCUT2D eigenvalue weighted by Gasteiger charge is 2.37. The third-order valence-corrected chi connectivity index (χ3v) is 6.43. The predicted octanol–water partition coefficient (Wildman–Crippen LogP) is 2.98. The number of carbonyl (C=O) groups is 1. The van der Waals surface area contributed by atoms with E-state index in [9.17, 15) is 18.0 Å². The molecule has 1 amide bonds. The minimum absolute atomic E-state index is 0.0137. The number of hydrogen-bond donors (Lipinski definition) is 2. The van der Waals surface area contributed by atoms with Gasteiger partial charge in [0.2, 0.25) is 5.91 Å². The average Bonchev–Trinajstić information content (AvgIpc) is 3.15. The molecule has 2 fully saturated rings. The molecule has 3 unspecified atom stereocenters. The van der Waals surface area contributed by atoms with Crippen LogP contribution in [0.2, 0.25) is 0 Å². The van der Waals surface area contributed by atoms with Gasteiger partial charge in [-0.15, -0.1) is 0 Å². The molecule has 2 heterocycles. The second kappa shape index (κ2) is 8.24. The van der Waals surface area contributed by atoms with Crippen molar-refractivity contribution in [2.24, 2.45) is 11.7 Å². The highest BCUT2D eigenvalue weighted by molar-refractivity contribution is 5.79. The number of nitrogens with zero attached hydrogens (tertiary/aromatic N) is 1. The summed E-state index contributed by atoms with van der Waals surface area (Å²) >= 11 is 0. The van der Waals surface area contributed by atoms with E-state index in [1.54, 1.807) is 4.90 Å². The fourth-order valence-electron chi connectivity index (χ4n) is 4.87. The molecule has 1 saturated carbocycles. The molecule has 3 atom stereocenters. The Kier molecular flexibility index (Phi) is 5.86. The fourth-order valence-corrected chi connectivity index (χ4v) is 4.87. The molecule has 8 heteroatoms. The van der Waals surface area contributed by atoms with Crippen LogP contribution in [-0.4, -0.2) is 42.6 Å². The van der Waals surface area contributed by atoms with Gasteiger partial charge in [-0.2, -0.15) is 13.2 Å². The summed E-state index contributed by atoms with van der Waals surface area (Å²) in [5.74, 6) is -0.0771. The van der Waals surface area contributed by atoms with E-state index in [1.165, 1.54) is 6.07 Å². The van der Waals surface area contributed by atoms with E-state index in [0.29, 0.717) is 29.8 Å². The van der Waals surface area contributed by atoms with E-state index in [-0.39, 0.29) is 18.4 Å². The maximum atomic E-state index is 13.1. The van der Waals surface area contributed by atoms with Crippen LogP contribution in [0.15, 0.2) is 18.2 Å². The Morgan fingerprint density at radius 1 is 1.14 bits per heavy atom. The van der Waals surface area contributed by atoms with Crippen molar-refractivity contribution in [1.82, 2.24) is 10.2 Å². The first-order chi connectivity index (χ1) is 13.8. The summed E-state index contributed by atoms with van der Waals surface area (Å²) in [6.07, 6.45) is 0.115. The quantitative estimate of drug-likeness (QED) is 0.803. The number of rotatable bonds is 3. The zero-order chi connectivity index (χ0) is 20.6. The molecule has 1 aliphatic carbocycles. The molecule has 1 aromatic carbocycles. The summed E-state index contributed by atoms with van der Waals surface area (Å²) in [6, 6.07) is 3.96. The zero-order valence-corrected chi connectivity index (χ0v) is 16.4. The van der Waals surface area contributed by atoms with Crippen molar-refractivity contribution in [3.8, 4) is 0 Å². The van der Waals surface area contributed by atoms with E-state index in [0.717, 1.165) is 57.5 Å². The predicted molar refractivity (Wildman–Crippen MR) is 102 cm³/mol. The second-order valence-corrected chi connectivity index (χ2v) is 8.50. The van der Waals surface area contributed by atoms with Gasteiger partial charge in [-0.25, -0.2) is 0 Å². The number of hydrogen-bond acceptors (Lipinski definition) is 4. The molecule has 0 spiro atoms. The molecule has 4 rings (SSSR count). The molecule has 3 aliphatic rings. The normalized spacial score (nSPS) is 28.4. The third kappa shape index (κ3) is 4.59. The SMILES string of the molecule is NC1CN(C(=O)C2CCC(NC3CCOCC3)C2)Cc2cc(C(F)(F)F)ccc21. The van der Waals surface area contributed by atoms with Gasteiger partial charge in [-0.05, 0) is 55.4 Å². The number of nitrogens with two attached hydrogens (primary N) is 1. The Bertz CT molecular complexity index is 749. The maximum absolute atomic E-state index is 13.1. The monoisotopic (exact) mass is 411 g/mol. The number of carbonyl (C=O) groups excluding carboxylic acids is 1. The molecule has 3 N–H and O–H groups in total. The lowest BCUT2D eigenvalue weighted by Crippen LogP contribution is -2.44. The number of halogens is 3. The highest BCUT2D eigenvalue weighted by Crippen LogP contribution is 2.35. The molecule has 0 radical (unpaired) electrons. The van der Waals surface area contributed by atoms with E-state index >= 15 is 0 Å². The Hall–Kier alpha value is -1.64. The number of fused-ring (bicyclic) bond motifs is 1. The maximum Gasteiger partial charge on any atom is 0.416 e. The van der Waals surface area contributed by atoms with Gasteiger partial charge in [0.15, 0.2) is 0 Å². The number of ether oxygens (including phenoxy) is 1. The van der Waals surface area contributed by atoms with Crippen LogP contribution in [0.25, 0.3) is 0 Å². The van der Waals surface area contributed by atoms with Crippen LogP contribution < -0.4 is 11.1 Å². The van der Waals surface area contributed by atoms with Crippen molar-refractivity contribution in [3.05, 3.63) is 34.9 Å². The van der Waals surface area contributed by atoms with Gasteiger partial charge in [0.05, 0.1) is 5.56 Å². The van der Waals surface area contributed by atoms with Gasteiger partial charge in [0.25, 0.3) is 0 Å². The van der Waals surface area contributed by atoms with Gasteiger partial charge in [-0.3, -0.25) is 4.79 Å². The number of alkyl halides is 3. The van der Waals surface area contributed by atoms with E-state index in [1.807, 2.05) is 0 Å². The first kappa shape index (κ1) is 20.6. The summed E-state index contributed by atoms with van der Waals surface area (Å²) in [5.41, 5.74) is 6.69. The van der Waals surface area contributed by atoms with Crippen LogP contribution in [0.3, 0.4) is 0 Å². The first-order valence-corrected chi connectivity index (χ1v) is 10.4. The van der Waals surface area contributed by atoms with Gasteiger partial charge < -0.3 is 20.7 Å². The van der Waals surface area contributed by atoms with Crippen LogP contribution in [0.1, 0.15) is 54.8 Å². The molecule has 5 nitrogen and oxygen atoms in total. The van der Waals surface area contributed by atoms with Crippen LogP contribution in [0.4, 0.5) is 13.2 Å².